The maximum Gasteiger partial charge on any atom is 0.286 e. The molecule has 1 aliphatic rings. The Morgan fingerprint density at radius 1 is 1.12 bits per heavy atom. The van der Waals surface area contributed by atoms with Gasteiger partial charge in [0.15, 0.2) is 0 Å². The molecule has 1 aromatic carbocycles. The number of carbonyl (C=O) groups is 3. The van der Waals surface area contributed by atoms with Crippen LogP contribution in [-0.2, 0) is 11.3 Å². The number of pyridine rings is 1. The standard InChI is InChI=1S/C23H24N6O4S/c1-33-18-9-7-16(8-10-18)26-20(31)21-27-28-22(34-21)23(32)29-12-4-5-15(14-29)19(30)25-13-17-6-2-3-11-24-17/h2-3,6-11,15H,4-5,12-14H2,1H3,(H,25,30)(H,26,31). The van der Waals surface area contributed by atoms with Gasteiger partial charge >= 0.3 is 0 Å². The summed E-state index contributed by atoms with van der Waals surface area (Å²) in [5, 5.41) is 13.6. The van der Waals surface area contributed by atoms with Crippen molar-refractivity contribution in [2.24, 2.45) is 5.92 Å². The zero-order chi connectivity index (χ0) is 23.9. The third kappa shape index (κ3) is 5.73. The summed E-state index contributed by atoms with van der Waals surface area (Å²) in [6.45, 7) is 1.16. The Morgan fingerprint density at radius 3 is 2.65 bits per heavy atom. The van der Waals surface area contributed by atoms with Crippen LogP contribution in [-0.4, -0.2) is 58.0 Å². The van der Waals surface area contributed by atoms with E-state index in [2.05, 4.69) is 25.8 Å². The molecular formula is C23H24N6O4S. The van der Waals surface area contributed by atoms with Crippen molar-refractivity contribution < 1.29 is 19.1 Å². The van der Waals surface area contributed by atoms with Gasteiger partial charge in [-0.1, -0.05) is 17.4 Å². The Bertz CT molecular complexity index is 1150. The maximum absolute atomic E-state index is 13.0. The minimum atomic E-state index is -0.452. The van der Waals surface area contributed by atoms with Gasteiger partial charge in [0.1, 0.15) is 5.75 Å². The number of nitrogens with zero attached hydrogens (tertiary/aromatic N) is 4. The molecule has 1 saturated heterocycles. The van der Waals surface area contributed by atoms with Crippen molar-refractivity contribution in [3.05, 3.63) is 64.4 Å². The summed E-state index contributed by atoms with van der Waals surface area (Å²) in [6.07, 6.45) is 3.08. The first-order valence-corrected chi connectivity index (χ1v) is 11.6. The monoisotopic (exact) mass is 480 g/mol. The van der Waals surface area contributed by atoms with Crippen molar-refractivity contribution >= 4 is 34.7 Å². The molecule has 1 atom stereocenters. The van der Waals surface area contributed by atoms with E-state index in [0.717, 1.165) is 17.0 Å². The van der Waals surface area contributed by atoms with Crippen LogP contribution in [0.1, 0.15) is 38.1 Å². The number of ether oxygens (including phenoxy) is 1. The van der Waals surface area contributed by atoms with Gasteiger partial charge in [-0.05, 0) is 49.2 Å². The average Bonchev–Trinajstić information content (AvgIpc) is 3.38. The fourth-order valence-electron chi connectivity index (χ4n) is 3.60. The number of carbonyl (C=O) groups excluding carboxylic acids is 3. The summed E-state index contributed by atoms with van der Waals surface area (Å²) in [6, 6.07) is 12.4. The van der Waals surface area contributed by atoms with Gasteiger partial charge in [-0.2, -0.15) is 0 Å². The van der Waals surface area contributed by atoms with Gasteiger partial charge in [-0.3, -0.25) is 19.4 Å². The molecule has 11 heteroatoms. The molecule has 0 bridgehead atoms. The highest BCUT2D eigenvalue weighted by Crippen LogP contribution is 2.21. The van der Waals surface area contributed by atoms with Crippen LogP contribution in [0.3, 0.4) is 0 Å². The first-order chi connectivity index (χ1) is 16.5. The SMILES string of the molecule is COc1ccc(NC(=O)c2nnc(C(=O)N3CCCC(C(=O)NCc4ccccn4)C3)s2)cc1. The third-order valence-corrected chi connectivity index (χ3v) is 6.31. The van der Waals surface area contributed by atoms with Gasteiger partial charge in [0.05, 0.1) is 25.3 Å². The minimum absolute atomic E-state index is 0.0841. The number of methoxy groups -OCH3 is 1. The highest BCUT2D eigenvalue weighted by molar-refractivity contribution is 7.15. The molecular weight excluding hydrogens is 456 g/mol. The number of amides is 3. The van der Waals surface area contributed by atoms with E-state index in [1.807, 2.05) is 18.2 Å². The number of rotatable bonds is 7. The molecule has 3 heterocycles. The van der Waals surface area contributed by atoms with Gasteiger partial charge in [-0.25, -0.2) is 0 Å². The summed E-state index contributed by atoms with van der Waals surface area (Å²) in [5.74, 6) is -0.533. The number of benzene rings is 1. The number of hydrogen-bond donors (Lipinski definition) is 2. The molecule has 0 radical (unpaired) electrons. The van der Waals surface area contributed by atoms with Crippen molar-refractivity contribution in [1.29, 1.82) is 0 Å². The molecule has 2 N–H and O–H groups in total. The van der Waals surface area contributed by atoms with Crippen molar-refractivity contribution in [3.8, 4) is 5.75 Å². The Hall–Kier alpha value is -3.86. The second kappa shape index (κ2) is 10.8. The predicted octanol–water partition coefficient (Wildman–Crippen LogP) is 2.36. The summed E-state index contributed by atoms with van der Waals surface area (Å²) >= 11 is 0.928. The highest BCUT2D eigenvalue weighted by atomic mass is 32.1. The maximum atomic E-state index is 13.0. The molecule has 0 aliphatic carbocycles. The molecule has 176 valence electrons. The summed E-state index contributed by atoms with van der Waals surface area (Å²) in [5.41, 5.74) is 1.35. The molecule has 10 nitrogen and oxygen atoms in total. The molecule has 34 heavy (non-hydrogen) atoms. The van der Waals surface area contributed by atoms with Gasteiger partial charge < -0.3 is 20.3 Å². The number of anilines is 1. The molecule has 4 rings (SSSR count). The Kier molecular flexibility index (Phi) is 7.43. The Labute approximate surface area is 200 Å². The van der Waals surface area contributed by atoms with Crippen molar-refractivity contribution in [2.45, 2.75) is 19.4 Å². The largest absolute Gasteiger partial charge is 0.497 e. The fraction of sp³-hybridized carbons (Fsp3) is 0.304. The first kappa shape index (κ1) is 23.3. The van der Waals surface area contributed by atoms with E-state index in [-0.39, 0.29) is 27.7 Å². The van der Waals surface area contributed by atoms with Gasteiger partial charge in [0.25, 0.3) is 11.8 Å². The second-order valence-electron chi connectivity index (χ2n) is 7.72. The molecule has 0 saturated carbocycles. The van der Waals surface area contributed by atoms with Crippen molar-refractivity contribution in [3.63, 3.8) is 0 Å². The lowest BCUT2D eigenvalue weighted by atomic mass is 9.97. The lowest BCUT2D eigenvalue weighted by Crippen LogP contribution is -2.45. The number of nitrogens with one attached hydrogen (secondary N) is 2. The summed E-state index contributed by atoms with van der Waals surface area (Å²) in [4.78, 5) is 43.9. The molecule has 1 unspecified atom stereocenters. The van der Waals surface area contributed by atoms with E-state index in [4.69, 9.17) is 4.74 Å². The van der Waals surface area contributed by atoms with Crippen molar-refractivity contribution in [2.75, 3.05) is 25.5 Å². The Balaban J connectivity index is 1.33. The number of hydrogen-bond acceptors (Lipinski definition) is 8. The molecule has 0 spiro atoms. The normalized spacial score (nSPS) is 15.4. The lowest BCUT2D eigenvalue weighted by molar-refractivity contribution is -0.126. The van der Waals surface area contributed by atoms with E-state index in [9.17, 15) is 14.4 Å². The second-order valence-corrected chi connectivity index (χ2v) is 8.70. The Morgan fingerprint density at radius 2 is 1.91 bits per heavy atom. The topological polar surface area (TPSA) is 126 Å². The average molecular weight is 481 g/mol. The molecule has 1 fully saturated rings. The molecule has 3 amide bonds. The van der Waals surface area contributed by atoms with Crippen LogP contribution < -0.4 is 15.4 Å². The van der Waals surface area contributed by atoms with Crippen molar-refractivity contribution in [1.82, 2.24) is 25.4 Å². The molecule has 3 aromatic rings. The predicted molar refractivity (Wildman–Crippen MR) is 126 cm³/mol. The smallest absolute Gasteiger partial charge is 0.286 e. The number of aromatic nitrogens is 3. The minimum Gasteiger partial charge on any atom is -0.497 e. The van der Waals surface area contributed by atoms with E-state index in [1.165, 1.54) is 0 Å². The van der Waals surface area contributed by atoms with Crippen LogP contribution in [0.25, 0.3) is 0 Å². The van der Waals surface area contributed by atoms with Crippen LogP contribution in [0, 0.1) is 5.92 Å². The molecule has 1 aliphatic heterocycles. The molecule has 2 aromatic heterocycles. The summed E-state index contributed by atoms with van der Waals surface area (Å²) in [7, 11) is 1.56. The van der Waals surface area contributed by atoms with Crippen LogP contribution >= 0.6 is 11.3 Å². The zero-order valence-electron chi connectivity index (χ0n) is 18.6. The van der Waals surface area contributed by atoms with Crippen LogP contribution in [0.15, 0.2) is 48.7 Å². The van der Waals surface area contributed by atoms with E-state index in [1.54, 1.807) is 42.5 Å². The van der Waals surface area contributed by atoms with Crippen LogP contribution in [0.4, 0.5) is 5.69 Å². The van der Waals surface area contributed by atoms with Gasteiger partial charge in [0, 0.05) is 25.0 Å². The van der Waals surface area contributed by atoms with Crippen LogP contribution in [0.5, 0.6) is 5.75 Å². The third-order valence-electron chi connectivity index (χ3n) is 5.40. The first-order valence-electron chi connectivity index (χ1n) is 10.8. The zero-order valence-corrected chi connectivity index (χ0v) is 19.4. The quantitative estimate of drug-likeness (QED) is 0.532. The lowest BCUT2D eigenvalue weighted by Gasteiger charge is -2.31. The van der Waals surface area contributed by atoms with Gasteiger partial charge in [0.2, 0.25) is 15.9 Å². The van der Waals surface area contributed by atoms with Gasteiger partial charge in [-0.15, -0.1) is 10.2 Å². The highest BCUT2D eigenvalue weighted by Gasteiger charge is 2.30. The van der Waals surface area contributed by atoms with Crippen LogP contribution in [0.2, 0.25) is 0 Å². The van der Waals surface area contributed by atoms with E-state index < -0.39 is 5.91 Å². The fourth-order valence-corrected chi connectivity index (χ4v) is 4.30. The summed E-state index contributed by atoms with van der Waals surface area (Å²) < 4.78 is 5.10. The van der Waals surface area contributed by atoms with E-state index >= 15 is 0 Å². The number of likely N-dealkylation sites (tertiary alicyclic amines) is 1. The van der Waals surface area contributed by atoms with E-state index in [0.29, 0.717) is 43.9 Å². The number of piperidine rings is 1.